The third kappa shape index (κ3) is 4.92. The van der Waals surface area contributed by atoms with Crippen LogP contribution in [-0.2, 0) is 21.2 Å². The topological polar surface area (TPSA) is 102 Å². The number of sulfonamides is 1. The normalized spacial score (nSPS) is 16.9. The average molecular weight is 421 g/mol. The Morgan fingerprint density at radius 3 is 2.38 bits per heavy atom. The molecule has 0 atom stereocenters. The monoisotopic (exact) mass is 421 g/mol. The number of nitrogens with one attached hydrogen (secondary N) is 1. The third-order valence-corrected chi connectivity index (χ3v) is 6.86. The van der Waals surface area contributed by atoms with E-state index in [2.05, 4.69) is 5.32 Å². The number of amides is 1. The molecule has 29 heavy (non-hydrogen) atoms. The molecule has 0 unspecified atom stereocenters. The second-order valence-electron chi connectivity index (χ2n) is 6.96. The summed E-state index contributed by atoms with van der Waals surface area (Å²) in [5, 5.41) is 2.62. The summed E-state index contributed by atoms with van der Waals surface area (Å²) in [7, 11) is -3.98. The SMILES string of the molecule is CCc1ccc(NC(=O)OC2(N)CCN(S(=O)(=O)c3ccccc3F)CC2)cc1. The molecule has 2 aromatic carbocycles. The van der Waals surface area contributed by atoms with Crippen molar-refractivity contribution in [1.82, 2.24) is 4.31 Å². The van der Waals surface area contributed by atoms with Gasteiger partial charge in [0.2, 0.25) is 10.0 Å². The molecular weight excluding hydrogens is 397 g/mol. The molecule has 9 heteroatoms. The van der Waals surface area contributed by atoms with Crippen molar-refractivity contribution in [2.24, 2.45) is 5.73 Å². The van der Waals surface area contributed by atoms with Crippen LogP contribution in [0.5, 0.6) is 0 Å². The molecule has 3 rings (SSSR count). The summed E-state index contributed by atoms with van der Waals surface area (Å²) >= 11 is 0. The number of nitrogens with two attached hydrogens (primary N) is 1. The summed E-state index contributed by atoms with van der Waals surface area (Å²) < 4.78 is 45.7. The molecule has 3 N–H and O–H groups in total. The first kappa shape index (κ1) is 21.2. The molecule has 2 aromatic rings. The fourth-order valence-electron chi connectivity index (χ4n) is 3.15. The first-order valence-electron chi connectivity index (χ1n) is 9.36. The first-order chi connectivity index (χ1) is 13.7. The van der Waals surface area contributed by atoms with Crippen molar-refractivity contribution < 1.29 is 22.3 Å². The van der Waals surface area contributed by atoms with Crippen LogP contribution in [-0.4, -0.2) is 37.6 Å². The summed E-state index contributed by atoms with van der Waals surface area (Å²) in [5.74, 6) is -0.804. The van der Waals surface area contributed by atoms with E-state index in [0.717, 1.165) is 22.4 Å². The van der Waals surface area contributed by atoms with Crippen LogP contribution in [0.2, 0.25) is 0 Å². The van der Waals surface area contributed by atoms with E-state index in [1.807, 2.05) is 19.1 Å². The maximum Gasteiger partial charge on any atom is 0.413 e. The molecule has 1 fully saturated rings. The highest BCUT2D eigenvalue weighted by molar-refractivity contribution is 7.89. The number of rotatable bonds is 5. The van der Waals surface area contributed by atoms with E-state index < -0.39 is 27.7 Å². The van der Waals surface area contributed by atoms with E-state index in [4.69, 9.17) is 10.5 Å². The van der Waals surface area contributed by atoms with E-state index in [-0.39, 0.29) is 30.8 Å². The number of hydrogen-bond donors (Lipinski definition) is 2. The van der Waals surface area contributed by atoms with Gasteiger partial charge >= 0.3 is 6.09 Å². The molecule has 1 aliphatic rings. The Labute approximate surface area is 169 Å². The number of carbonyl (C=O) groups is 1. The van der Waals surface area contributed by atoms with Crippen LogP contribution in [0.15, 0.2) is 53.4 Å². The predicted octanol–water partition coefficient (Wildman–Crippen LogP) is 3.08. The number of hydrogen-bond acceptors (Lipinski definition) is 5. The fraction of sp³-hybridized carbons (Fsp3) is 0.350. The lowest BCUT2D eigenvalue weighted by Crippen LogP contribution is -2.54. The number of nitrogens with zero attached hydrogens (tertiary/aromatic N) is 1. The molecule has 1 aliphatic heterocycles. The van der Waals surface area contributed by atoms with E-state index in [1.165, 1.54) is 18.2 Å². The summed E-state index contributed by atoms with van der Waals surface area (Å²) in [5.41, 5.74) is 6.58. The van der Waals surface area contributed by atoms with Crippen LogP contribution < -0.4 is 11.1 Å². The molecule has 1 saturated heterocycles. The number of benzene rings is 2. The zero-order chi connectivity index (χ0) is 21.1. The summed E-state index contributed by atoms with van der Waals surface area (Å²) in [6, 6.07) is 12.6. The van der Waals surface area contributed by atoms with Crippen molar-refractivity contribution in [3.05, 3.63) is 59.9 Å². The molecule has 0 radical (unpaired) electrons. The van der Waals surface area contributed by atoms with Gasteiger partial charge in [0.05, 0.1) is 0 Å². The van der Waals surface area contributed by atoms with Crippen molar-refractivity contribution in [3.63, 3.8) is 0 Å². The van der Waals surface area contributed by atoms with Gasteiger partial charge < -0.3 is 4.74 Å². The first-order valence-corrected chi connectivity index (χ1v) is 10.8. The van der Waals surface area contributed by atoms with Crippen LogP contribution in [0.1, 0.15) is 25.3 Å². The maximum absolute atomic E-state index is 13.9. The van der Waals surface area contributed by atoms with Crippen LogP contribution in [0, 0.1) is 5.82 Å². The zero-order valence-electron chi connectivity index (χ0n) is 16.1. The Bertz CT molecular complexity index is 971. The van der Waals surface area contributed by atoms with Crippen molar-refractivity contribution >= 4 is 21.8 Å². The Kier molecular flexibility index (Phi) is 6.21. The van der Waals surface area contributed by atoms with Crippen molar-refractivity contribution in [2.75, 3.05) is 18.4 Å². The van der Waals surface area contributed by atoms with Gasteiger partial charge in [0.15, 0.2) is 5.72 Å². The summed E-state index contributed by atoms with van der Waals surface area (Å²) in [6.45, 7) is 2.07. The molecule has 1 heterocycles. The Hall–Kier alpha value is -2.49. The van der Waals surface area contributed by atoms with Gasteiger partial charge in [-0.15, -0.1) is 0 Å². The smallest absolute Gasteiger partial charge is 0.413 e. The lowest BCUT2D eigenvalue weighted by atomic mass is 10.0. The number of ether oxygens (including phenoxy) is 1. The largest absolute Gasteiger partial charge is 0.428 e. The van der Waals surface area contributed by atoms with Gasteiger partial charge in [-0.05, 0) is 36.2 Å². The molecule has 1 amide bonds. The van der Waals surface area contributed by atoms with Gasteiger partial charge in [0, 0.05) is 31.6 Å². The molecule has 0 aromatic heterocycles. The number of carbonyl (C=O) groups excluding carboxylic acids is 1. The van der Waals surface area contributed by atoms with Gasteiger partial charge in [-0.1, -0.05) is 31.2 Å². The third-order valence-electron chi connectivity index (χ3n) is 4.93. The second kappa shape index (κ2) is 8.48. The molecule has 0 aliphatic carbocycles. The van der Waals surface area contributed by atoms with Crippen LogP contribution >= 0.6 is 0 Å². The highest BCUT2D eigenvalue weighted by atomic mass is 32.2. The van der Waals surface area contributed by atoms with Gasteiger partial charge in [-0.3, -0.25) is 11.1 Å². The number of piperidine rings is 1. The Balaban J connectivity index is 1.60. The summed E-state index contributed by atoms with van der Waals surface area (Å²) in [6.07, 6.45) is 0.386. The second-order valence-corrected chi connectivity index (χ2v) is 8.87. The van der Waals surface area contributed by atoms with E-state index in [1.54, 1.807) is 12.1 Å². The lowest BCUT2D eigenvalue weighted by molar-refractivity contribution is -0.0116. The van der Waals surface area contributed by atoms with Gasteiger partial charge in [-0.25, -0.2) is 17.6 Å². The highest BCUT2D eigenvalue weighted by Crippen LogP contribution is 2.27. The van der Waals surface area contributed by atoms with Crippen molar-refractivity contribution in [2.45, 2.75) is 36.8 Å². The Morgan fingerprint density at radius 2 is 1.79 bits per heavy atom. The predicted molar refractivity (Wildman–Crippen MR) is 107 cm³/mol. The minimum absolute atomic E-state index is 0.0195. The maximum atomic E-state index is 13.9. The molecule has 156 valence electrons. The number of anilines is 1. The van der Waals surface area contributed by atoms with E-state index >= 15 is 0 Å². The molecule has 0 spiro atoms. The quantitative estimate of drug-likeness (QED) is 0.723. The van der Waals surface area contributed by atoms with Crippen LogP contribution in [0.3, 0.4) is 0 Å². The molecule has 7 nitrogen and oxygen atoms in total. The minimum atomic E-state index is -3.98. The van der Waals surface area contributed by atoms with Gasteiger partial charge in [0.1, 0.15) is 10.7 Å². The summed E-state index contributed by atoms with van der Waals surface area (Å²) in [4.78, 5) is 11.8. The number of aryl methyl sites for hydroxylation is 1. The lowest BCUT2D eigenvalue weighted by Gasteiger charge is -2.37. The number of halogens is 1. The van der Waals surface area contributed by atoms with Gasteiger partial charge in [0.25, 0.3) is 0 Å². The average Bonchev–Trinajstić information content (AvgIpc) is 2.68. The molecular formula is C20H24FN3O4S. The highest BCUT2D eigenvalue weighted by Gasteiger charge is 2.39. The Morgan fingerprint density at radius 1 is 1.17 bits per heavy atom. The minimum Gasteiger partial charge on any atom is -0.428 e. The van der Waals surface area contributed by atoms with E-state index in [0.29, 0.717) is 5.69 Å². The molecule has 0 bridgehead atoms. The molecule has 0 saturated carbocycles. The fourth-order valence-corrected chi connectivity index (χ4v) is 4.66. The van der Waals surface area contributed by atoms with Gasteiger partial charge in [-0.2, -0.15) is 4.31 Å². The van der Waals surface area contributed by atoms with Crippen molar-refractivity contribution in [3.8, 4) is 0 Å². The standard InChI is InChI=1S/C20H24FN3O4S/c1-2-15-7-9-16(10-8-15)23-19(25)28-20(22)11-13-24(14-12-20)29(26,27)18-6-4-3-5-17(18)21/h3-10H,2,11-14,22H2,1H3,(H,23,25). The van der Waals surface area contributed by atoms with Crippen molar-refractivity contribution in [1.29, 1.82) is 0 Å². The van der Waals surface area contributed by atoms with Crippen LogP contribution in [0.25, 0.3) is 0 Å². The van der Waals surface area contributed by atoms with E-state index in [9.17, 15) is 17.6 Å². The van der Waals surface area contributed by atoms with Crippen LogP contribution in [0.4, 0.5) is 14.9 Å². The zero-order valence-corrected chi connectivity index (χ0v) is 16.9.